The summed E-state index contributed by atoms with van der Waals surface area (Å²) in [6, 6.07) is 0.263. The van der Waals surface area contributed by atoms with Crippen LogP contribution < -0.4 is 5.32 Å². The molecule has 0 aliphatic carbocycles. The Bertz CT molecular complexity index is 135. The lowest BCUT2D eigenvalue weighted by molar-refractivity contribution is 0.103. The molecule has 2 atom stereocenters. The fourth-order valence-corrected chi connectivity index (χ4v) is 1.81. The Morgan fingerprint density at radius 1 is 1.57 bits per heavy atom. The molecule has 84 valence electrons. The van der Waals surface area contributed by atoms with Crippen LogP contribution in [-0.4, -0.2) is 37.0 Å². The SMILES string of the molecule is CCCCC(CO)NCC1CCCO1. The molecule has 0 bridgehead atoms. The first kappa shape index (κ1) is 12.0. The van der Waals surface area contributed by atoms with Gasteiger partial charge in [-0.3, -0.25) is 0 Å². The number of aliphatic hydroxyl groups is 1. The van der Waals surface area contributed by atoms with Crippen molar-refractivity contribution in [2.75, 3.05) is 19.8 Å². The second-order valence-corrected chi connectivity index (χ2v) is 4.07. The van der Waals surface area contributed by atoms with Gasteiger partial charge in [-0.15, -0.1) is 0 Å². The highest BCUT2D eigenvalue weighted by atomic mass is 16.5. The van der Waals surface area contributed by atoms with Crippen LogP contribution >= 0.6 is 0 Å². The Morgan fingerprint density at radius 2 is 2.43 bits per heavy atom. The van der Waals surface area contributed by atoms with Crippen LogP contribution in [0.3, 0.4) is 0 Å². The molecule has 1 rings (SSSR count). The van der Waals surface area contributed by atoms with Crippen molar-refractivity contribution in [3.8, 4) is 0 Å². The van der Waals surface area contributed by atoms with Gasteiger partial charge in [0.05, 0.1) is 12.7 Å². The van der Waals surface area contributed by atoms with Gasteiger partial charge in [-0.25, -0.2) is 0 Å². The van der Waals surface area contributed by atoms with Crippen LogP contribution in [0.1, 0.15) is 39.0 Å². The first-order chi connectivity index (χ1) is 6.86. The molecule has 1 saturated heterocycles. The van der Waals surface area contributed by atoms with Gasteiger partial charge < -0.3 is 15.2 Å². The van der Waals surface area contributed by atoms with Crippen molar-refractivity contribution in [2.45, 2.75) is 51.2 Å². The number of aliphatic hydroxyl groups excluding tert-OH is 1. The van der Waals surface area contributed by atoms with Crippen molar-refractivity contribution in [3.05, 3.63) is 0 Å². The fraction of sp³-hybridized carbons (Fsp3) is 1.00. The summed E-state index contributed by atoms with van der Waals surface area (Å²) in [5.41, 5.74) is 0. The van der Waals surface area contributed by atoms with E-state index < -0.39 is 0 Å². The average Bonchev–Trinajstić information content (AvgIpc) is 2.71. The van der Waals surface area contributed by atoms with E-state index in [-0.39, 0.29) is 12.6 Å². The van der Waals surface area contributed by atoms with E-state index in [4.69, 9.17) is 9.84 Å². The Hall–Kier alpha value is -0.120. The minimum Gasteiger partial charge on any atom is -0.395 e. The Kier molecular flexibility index (Phi) is 6.15. The minimum absolute atomic E-state index is 0.243. The predicted molar refractivity (Wildman–Crippen MR) is 57.4 cm³/mol. The first-order valence-electron chi connectivity index (χ1n) is 5.82. The third-order valence-corrected chi connectivity index (χ3v) is 2.78. The molecular weight excluding hydrogens is 178 g/mol. The average molecular weight is 201 g/mol. The van der Waals surface area contributed by atoms with Crippen LogP contribution in [0, 0.1) is 0 Å². The highest BCUT2D eigenvalue weighted by molar-refractivity contribution is 4.72. The van der Waals surface area contributed by atoms with Gasteiger partial charge in [-0.2, -0.15) is 0 Å². The quantitative estimate of drug-likeness (QED) is 0.652. The van der Waals surface area contributed by atoms with Gasteiger partial charge in [0.25, 0.3) is 0 Å². The molecule has 3 nitrogen and oxygen atoms in total. The summed E-state index contributed by atoms with van der Waals surface area (Å²) in [5, 5.41) is 12.5. The highest BCUT2D eigenvalue weighted by Crippen LogP contribution is 2.11. The summed E-state index contributed by atoms with van der Waals surface area (Å²) in [4.78, 5) is 0. The number of unbranched alkanes of at least 4 members (excludes halogenated alkanes) is 1. The van der Waals surface area contributed by atoms with E-state index >= 15 is 0 Å². The number of hydrogen-bond acceptors (Lipinski definition) is 3. The summed E-state index contributed by atoms with van der Waals surface area (Å²) in [7, 11) is 0. The predicted octanol–water partition coefficient (Wildman–Crippen LogP) is 1.31. The number of ether oxygens (including phenoxy) is 1. The number of rotatable bonds is 7. The Labute approximate surface area is 86.8 Å². The molecule has 1 fully saturated rings. The Morgan fingerprint density at radius 3 is 3.00 bits per heavy atom. The maximum atomic E-state index is 9.12. The van der Waals surface area contributed by atoms with Gasteiger partial charge in [0, 0.05) is 19.2 Å². The van der Waals surface area contributed by atoms with E-state index in [9.17, 15) is 0 Å². The minimum atomic E-state index is 0.243. The molecule has 14 heavy (non-hydrogen) atoms. The lowest BCUT2D eigenvalue weighted by Crippen LogP contribution is -2.37. The van der Waals surface area contributed by atoms with Gasteiger partial charge in [0.2, 0.25) is 0 Å². The van der Waals surface area contributed by atoms with Gasteiger partial charge >= 0.3 is 0 Å². The maximum absolute atomic E-state index is 9.12. The first-order valence-corrected chi connectivity index (χ1v) is 5.82. The van der Waals surface area contributed by atoms with E-state index in [1.807, 2.05) is 0 Å². The molecule has 1 aliphatic heterocycles. The molecule has 0 saturated carbocycles. The van der Waals surface area contributed by atoms with Gasteiger partial charge in [0.1, 0.15) is 0 Å². The third kappa shape index (κ3) is 4.40. The van der Waals surface area contributed by atoms with Crippen molar-refractivity contribution >= 4 is 0 Å². The summed E-state index contributed by atoms with van der Waals surface area (Å²) in [6.07, 6.45) is 6.18. The summed E-state index contributed by atoms with van der Waals surface area (Å²) >= 11 is 0. The van der Waals surface area contributed by atoms with E-state index in [2.05, 4.69) is 12.2 Å². The van der Waals surface area contributed by atoms with Crippen LogP contribution in [-0.2, 0) is 4.74 Å². The molecule has 0 aromatic rings. The van der Waals surface area contributed by atoms with E-state index in [0.29, 0.717) is 6.10 Å². The number of nitrogens with one attached hydrogen (secondary N) is 1. The summed E-state index contributed by atoms with van der Waals surface area (Å²) < 4.78 is 5.51. The van der Waals surface area contributed by atoms with Crippen molar-refractivity contribution in [1.29, 1.82) is 0 Å². The van der Waals surface area contributed by atoms with Crippen molar-refractivity contribution < 1.29 is 9.84 Å². The third-order valence-electron chi connectivity index (χ3n) is 2.78. The standard InChI is InChI=1S/C11H23NO2/c1-2-3-5-10(9-13)12-8-11-6-4-7-14-11/h10-13H,2-9H2,1H3. The van der Waals surface area contributed by atoms with E-state index in [1.54, 1.807) is 0 Å². The molecule has 0 aromatic carbocycles. The van der Waals surface area contributed by atoms with Crippen LogP contribution in [0.5, 0.6) is 0 Å². The lowest BCUT2D eigenvalue weighted by Gasteiger charge is -2.18. The van der Waals surface area contributed by atoms with Crippen LogP contribution in [0.25, 0.3) is 0 Å². The zero-order chi connectivity index (χ0) is 10.2. The second-order valence-electron chi connectivity index (χ2n) is 4.07. The monoisotopic (exact) mass is 201 g/mol. The van der Waals surface area contributed by atoms with Gasteiger partial charge in [-0.1, -0.05) is 19.8 Å². The molecule has 0 radical (unpaired) electrons. The number of hydrogen-bond donors (Lipinski definition) is 2. The molecule has 3 heteroatoms. The topological polar surface area (TPSA) is 41.5 Å². The molecule has 2 unspecified atom stereocenters. The van der Waals surface area contributed by atoms with Gasteiger partial charge in [0.15, 0.2) is 0 Å². The lowest BCUT2D eigenvalue weighted by atomic mass is 10.1. The van der Waals surface area contributed by atoms with Crippen LogP contribution in [0.15, 0.2) is 0 Å². The van der Waals surface area contributed by atoms with Crippen LogP contribution in [0.4, 0.5) is 0 Å². The fourth-order valence-electron chi connectivity index (χ4n) is 1.81. The van der Waals surface area contributed by atoms with E-state index in [1.165, 1.54) is 25.7 Å². The smallest absolute Gasteiger partial charge is 0.0700 e. The van der Waals surface area contributed by atoms with Crippen molar-refractivity contribution in [2.24, 2.45) is 0 Å². The normalized spacial score (nSPS) is 24.0. The molecule has 0 amide bonds. The maximum Gasteiger partial charge on any atom is 0.0700 e. The van der Waals surface area contributed by atoms with E-state index in [0.717, 1.165) is 19.6 Å². The molecule has 0 spiro atoms. The van der Waals surface area contributed by atoms with Crippen LogP contribution in [0.2, 0.25) is 0 Å². The molecule has 1 heterocycles. The van der Waals surface area contributed by atoms with Gasteiger partial charge in [-0.05, 0) is 19.3 Å². The molecule has 0 aromatic heterocycles. The second kappa shape index (κ2) is 7.21. The molecule has 1 aliphatic rings. The summed E-state index contributed by atoms with van der Waals surface area (Å²) in [5.74, 6) is 0. The Balaban J connectivity index is 2.06. The van der Waals surface area contributed by atoms with Crippen molar-refractivity contribution in [3.63, 3.8) is 0 Å². The van der Waals surface area contributed by atoms with Crippen molar-refractivity contribution in [1.82, 2.24) is 5.32 Å². The zero-order valence-electron chi connectivity index (χ0n) is 9.17. The zero-order valence-corrected chi connectivity index (χ0v) is 9.17. The largest absolute Gasteiger partial charge is 0.395 e. The molecule has 2 N–H and O–H groups in total. The highest BCUT2D eigenvalue weighted by Gasteiger charge is 2.16. The summed E-state index contributed by atoms with van der Waals surface area (Å²) in [6.45, 7) is 4.22. The molecular formula is C11H23NO2.